The molecule has 0 spiro atoms. The van der Waals surface area contributed by atoms with Gasteiger partial charge in [0.2, 0.25) is 0 Å². The van der Waals surface area contributed by atoms with Gasteiger partial charge >= 0.3 is 0 Å². The molecule has 2 nitrogen and oxygen atoms in total. The van der Waals surface area contributed by atoms with Crippen LogP contribution in [0.4, 0.5) is 0 Å². The Morgan fingerprint density at radius 2 is 1.73 bits per heavy atom. The summed E-state index contributed by atoms with van der Waals surface area (Å²) in [6.07, 6.45) is 0.322. The lowest BCUT2D eigenvalue weighted by Gasteiger charge is -2.22. The van der Waals surface area contributed by atoms with Crippen LogP contribution in [0.15, 0.2) is 24.3 Å². The van der Waals surface area contributed by atoms with Gasteiger partial charge in [0.1, 0.15) is 7.14 Å². The maximum Gasteiger partial charge on any atom is 0.115 e. The third-order valence-corrected chi connectivity index (χ3v) is 5.04. The Balaban J connectivity index is 2.96. The number of hydrogen-bond donors (Lipinski definition) is 1. The molecule has 0 saturated carbocycles. The van der Waals surface area contributed by atoms with Crippen LogP contribution in [0.25, 0.3) is 0 Å². The quantitative estimate of drug-likeness (QED) is 0.803. The molecule has 0 aromatic heterocycles. The van der Waals surface area contributed by atoms with Gasteiger partial charge in [0, 0.05) is 11.5 Å². The first-order valence-corrected chi connectivity index (χ1v) is 7.41. The van der Waals surface area contributed by atoms with Crippen LogP contribution in [0.3, 0.4) is 0 Å². The summed E-state index contributed by atoms with van der Waals surface area (Å²) >= 11 is 0. The van der Waals surface area contributed by atoms with Crippen molar-refractivity contribution in [3.05, 3.63) is 29.8 Å². The van der Waals surface area contributed by atoms with Crippen LogP contribution in [0.2, 0.25) is 0 Å². The van der Waals surface area contributed by atoms with Crippen molar-refractivity contribution in [1.29, 1.82) is 0 Å². The van der Waals surface area contributed by atoms with E-state index in [1.54, 1.807) is 20.5 Å². The van der Waals surface area contributed by atoms with Gasteiger partial charge in [0.25, 0.3) is 0 Å². The Bertz CT molecular complexity index is 374. The summed E-state index contributed by atoms with van der Waals surface area (Å²) in [6, 6.07) is 7.69. The van der Waals surface area contributed by atoms with E-state index in [-0.39, 0.29) is 0 Å². The molecule has 1 unspecified atom stereocenters. The predicted molar refractivity (Wildman–Crippen MR) is 65.5 cm³/mol. The minimum Gasteiger partial charge on any atom is -0.390 e. The van der Waals surface area contributed by atoms with Gasteiger partial charge in [-0.05, 0) is 27.4 Å². The predicted octanol–water partition coefficient (Wildman–Crippen LogP) is 2.38. The lowest BCUT2D eigenvalue weighted by Crippen LogP contribution is -2.26. The Morgan fingerprint density at radius 1 is 1.27 bits per heavy atom. The fourth-order valence-electron chi connectivity index (χ4n) is 1.69. The first-order chi connectivity index (χ1) is 6.71. The second kappa shape index (κ2) is 4.11. The Morgan fingerprint density at radius 3 is 2.13 bits per heavy atom. The Hall–Kier alpha value is -0.590. The number of benzene rings is 1. The molecule has 0 fully saturated rings. The van der Waals surface area contributed by atoms with Crippen molar-refractivity contribution in [3.63, 3.8) is 0 Å². The standard InChI is InChI=1S/C12H19O2P/c1-10-5-7-11(8-6-10)15(4,14)9-12(2,3)13/h5-8,13H,9H2,1-4H3. The first kappa shape index (κ1) is 12.5. The summed E-state index contributed by atoms with van der Waals surface area (Å²) in [7, 11) is -2.44. The van der Waals surface area contributed by atoms with E-state index in [1.165, 1.54) is 0 Å². The molecule has 0 radical (unpaired) electrons. The molecule has 0 heterocycles. The van der Waals surface area contributed by atoms with Gasteiger partial charge in [-0.3, -0.25) is 0 Å². The van der Waals surface area contributed by atoms with Crippen molar-refractivity contribution in [1.82, 2.24) is 0 Å². The molecule has 0 amide bonds. The average Bonchev–Trinajstić information content (AvgIpc) is 2.00. The highest BCUT2D eigenvalue weighted by Crippen LogP contribution is 2.42. The molecular formula is C12H19O2P. The van der Waals surface area contributed by atoms with Gasteiger partial charge in [-0.15, -0.1) is 0 Å². The third kappa shape index (κ3) is 3.81. The van der Waals surface area contributed by atoms with Gasteiger partial charge in [-0.1, -0.05) is 29.8 Å². The first-order valence-electron chi connectivity index (χ1n) is 5.07. The highest BCUT2D eigenvalue weighted by molar-refractivity contribution is 7.70. The summed E-state index contributed by atoms with van der Waals surface area (Å²) in [5.74, 6) is 0. The zero-order valence-electron chi connectivity index (χ0n) is 9.82. The zero-order chi connectivity index (χ0) is 11.7. The molecule has 0 aliphatic rings. The summed E-state index contributed by atoms with van der Waals surface area (Å²) in [6.45, 7) is 7.12. The van der Waals surface area contributed by atoms with Crippen molar-refractivity contribution >= 4 is 12.4 Å². The molecule has 1 N–H and O–H groups in total. The molecule has 0 aliphatic carbocycles. The van der Waals surface area contributed by atoms with E-state index in [4.69, 9.17) is 0 Å². The maximum absolute atomic E-state index is 12.4. The van der Waals surface area contributed by atoms with Gasteiger partial charge in [-0.2, -0.15) is 0 Å². The van der Waals surface area contributed by atoms with Crippen LogP contribution >= 0.6 is 7.14 Å². The minimum atomic E-state index is -2.44. The molecule has 1 rings (SSSR count). The fourth-order valence-corrected chi connectivity index (χ4v) is 4.13. The summed E-state index contributed by atoms with van der Waals surface area (Å²) in [4.78, 5) is 0. The lowest BCUT2D eigenvalue weighted by atomic mass is 10.2. The highest BCUT2D eigenvalue weighted by atomic mass is 31.2. The minimum absolute atomic E-state index is 0.322. The Kier molecular flexibility index (Phi) is 3.42. The van der Waals surface area contributed by atoms with Crippen LogP contribution < -0.4 is 5.30 Å². The molecule has 15 heavy (non-hydrogen) atoms. The molecule has 1 atom stereocenters. The van der Waals surface area contributed by atoms with Gasteiger partial charge in [0.15, 0.2) is 0 Å². The molecule has 1 aromatic carbocycles. The summed E-state index contributed by atoms with van der Waals surface area (Å²) in [5.41, 5.74) is 0.275. The third-order valence-electron chi connectivity index (χ3n) is 2.27. The van der Waals surface area contributed by atoms with E-state index < -0.39 is 12.7 Å². The van der Waals surface area contributed by atoms with Gasteiger partial charge < -0.3 is 9.67 Å². The molecule has 0 bridgehead atoms. The molecular weight excluding hydrogens is 207 g/mol. The molecule has 84 valence electrons. The summed E-state index contributed by atoms with van der Waals surface area (Å²) in [5, 5.41) is 10.5. The smallest absolute Gasteiger partial charge is 0.115 e. The van der Waals surface area contributed by atoms with E-state index >= 15 is 0 Å². The van der Waals surface area contributed by atoms with Crippen LogP contribution in [0.5, 0.6) is 0 Å². The summed E-state index contributed by atoms with van der Waals surface area (Å²) < 4.78 is 12.4. The number of rotatable bonds is 3. The number of aryl methyl sites for hydroxylation is 1. The van der Waals surface area contributed by atoms with Crippen LogP contribution in [0, 0.1) is 6.92 Å². The van der Waals surface area contributed by atoms with Crippen molar-refractivity contribution in [2.24, 2.45) is 0 Å². The van der Waals surface area contributed by atoms with Crippen molar-refractivity contribution in [2.45, 2.75) is 26.4 Å². The topological polar surface area (TPSA) is 37.3 Å². The van der Waals surface area contributed by atoms with Gasteiger partial charge in [-0.25, -0.2) is 0 Å². The number of aliphatic hydroxyl groups is 1. The second-order valence-corrected chi connectivity index (χ2v) is 7.94. The van der Waals surface area contributed by atoms with Crippen molar-refractivity contribution < 1.29 is 9.67 Å². The molecule has 0 saturated heterocycles. The van der Waals surface area contributed by atoms with Crippen LogP contribution in [-0.4, -0.2) is 23.5 Å². The number of hydrogen-bond acceptors (Lipinski definition) is 2. The van der Waals surface area contributed by atoms with Crippen LogP contribution in [-0.2, 0) is 4.57 Å². The highest BCUT2D eigenvalue weighted by Gasteiger charge is 2.26. The SMILES string of the molecule is Cc1ccc(P(C)(=O)CC(C)(C)O)cc1. The van der Waals surface area contributed by atoms with E-state index in [0.717, 1.165) is 10.9 Å². The second-order valence-electron chi connectivity index (χ2n) is 4.91. The van der Waals surface area contributed by atoms with E-state index in [1.807, 2.05) is 31.2 Å². The molecule has 0 aliphatic heterocycles. The average molecular weight is 226 g/mol. The van der Waals surface area contributed by atoms with Crippen LogP contribution in [0.1, 0.15) is 19.4 Å². The molecule has 3 heteroatoms. The Labute approximate surface area is 91.7 Å². The normalized spacial score (nSPS) is 16.1. The van der Waals surface area contributed by atoms with E-state index in [0.29, 0.717) is 6.16 Å². The zero-order valence-corrected chi connectivity index (χ0v) is 10.7. The monoisotopic (exact) mass is 226 g/mol. The van der Waals surface area contributed by atoms with E-state index in [9.17, 15) is 9.67 Å². The van der Waals surface area contributed by atoms with Crippen molar-refractivity contribution in [3.8, 4) is 0 Å². The maximum atomic E-state index is 12.4. The molecule has 1 aromatic rings. The van der Waals surface area contributed by atoms with Crippen molar-refractivity contribution in [2.75, 3.05) is 12.8 Å². The lowest BCUT2D eigenvalue weighted by molar-refractivity contribution is 0.105. The fraction of sp³-hybridized carbons (Fsp3) is 0.500. The van der Waals surface area contributed by atoms with E-state index in [2.05, 4.69) is 0 Å². The van der Waals surface area contributed by atoms with Gasteiger partial charge in [0.05, 0.1) is 5.60 Å². The largest absolute Gasteiger partial charge is 0.390 e.